The third-order valence-electron chi connectivity index (χ3n) is 4.85. The predicted octanol–water partition coefficient (Wildman–Crippen LogP) is 2.98. The minimum Gasteiger partial charge on any atom is -0.496 e. The van der Waals surface area contributed by atoms with Crippen LogP contribution < -0.4 is 14.5 Å². The van der Waals surface area contributed by atoms with Crippen LogP contribution in [0.25, 0.3) is 0 Å². The molecule has 128 valence electrons. The zero-order valence-electron chi connectivity index (χ0n) is 14.7. The first kappa shape index (κ1) is 17.3. The van der Waals surface area contributed by atoms with Crippen molar-refractivity contribution in [1.82, 2.24) is 0 Å². The summed E-state index contributed by atoms with van der Waals surface area (Å²) in [4.78, 5) is 4.18. The van der Waals surface area contributed by atoms with Crippen molar-refractivity contribution < 1.29 is 9.64 Å². The van der Waals surface area contributed by atoms with E-state index in [0.29, 0.717) is 0 Å². The summed E-state index contributed by atoms with van der Waals surface area (Å²) in [6.07, 6.45) is 0. The molecule has 0 unspecified atom stereocenters. The Bertz CT molecular complexity index is 709. The fourth-order valence-corrected chi connectivity index (χ4v) is 4.00. The second-order valence-electron chi connectivity index (χ2n) is 6.67. The SMILES string of the molecule is COc1ccc(C[NH+]2CCN(c3cc(C)ccc3C)CC2)cc1Br. The second-order valence-corrected chi connectivity index (χ2v) is 7.53. The van der Waals surface area contributed by atoms with Crippen LogP contribution >= 0.6 is 15.9 Å². The molecule has 3 nitrogen and oxygen atoms in total. The van der Waals surface area contributed by atoms with Crippen molar-refractivity contribution >= 4 is 21.6 Å². The topological polar surface area (TPSA) is 16.9 Å². The number of anilines is 1. The fourth-order valence-electron chi connectivity index (χ4n) is 3.41. The van der Waals surface area contributed by atoms with E-state index in [-0.39, 0.29) is 0 Å². The average Bonchev–Trinajstić information content (AvgIpc) is 2.58. The van der Waals surface area contributed by atoms with Crippen LogP contribution in [0.3, 0.4) is 0 Å². The van der Waals surface area contributed by atoms with Gasteiger partial charge in [0.2, 0.25) is 0 Å². The molecule has 1 heterocycles. The van der Waals surface area contributed by atoms with Crippen molar-refractivity contribution in [3.8, 4) is 5.75 Å². The Morgan fingerprint density at radius 3 is 2.50 bits per heavy atom. The molecule has 4 heteroatoms. The van der Waals surface area contributed by atoms with E-state index in [1.807, 2.05) is 6.07 Å². The molecule has 0 atom stereocenters. The van der Waals surface area contributed by atoms with Crippen LogP contribution in [0, 0.1) is 13.8 Å². The van der Waals surface area contributed by atoms with Crippen LogP contribution in [-0.2, 0) is 6.54 Å². The number of benzene rings is 2. The largest absolute Gasteiger partial charge is 0.496 e. The fraction of sp³-hybridized carbons (Fsp3) is 0.400. The molecular weight excluding hydrogens is 364 g/mol. The van der Waals surface area contributed by atoms with E-state index >= 15 is 0 Å². The van der Waals surface area contributed by atoms with Gasteiger partial charge in [0.25, 0.3) is 0 Å². The quantitative estimate of drug-likeness (QED) is 0.865. The maximum absolute atomic E-state index is 5.31. The van der Waals surface area contributed by atoms with Crippen molar-refractivity contribution in [3.05, 3.63) is 57.6 Å². The summed E-state index contributed by atoms with van der Waals surface area (Å²) >= 11 is 3.58. The molecule has 2 aromatic carbocycles. The molecule has 1 saturated heterocycles. The highest BCUT2D eigenvalue weighted by Crippen LogP contribution is 2.25. The van der Waals surface area contributed by atoms with Gasteiger partial charge in [0.1, 0.15) is 12.3 Å². The van der Waals surface area contributed by atoms with Crippen molar-refractivity contribution in [2.45, 2.75) is 20.4 Å². The summed E-state index contributed by atoms with van der Waals surface area (Å²) < 4.78 is 6.35. The highest BCUT2D eigenvalue weighted by atomic mass is 79.9. The number of nitrogens with one attached hydrogen (secondary N) is 1. The van der Waals surface area contributed by atoms with Crippen LogP contribution in [-0.4, -0.2) is 33.3 Å². The van der Waals surface area contributed by atoms with E-state index in [4.69, 9.17) is 4.74 Å². The molecule has 0 aliphatic carbocycles. The van der Waals surface area contributed by atoms with Gasteiger partial charge in [-0.15, -0.1) is 0 Å². The minimum absolute atomic E-state index is 0.897. The molecule has 3 rings (SSSR count). The van der Waals surface area contributed by atoms with Crippen LogP contribution in [0.5, 0.6) is 5.75 Å². The average molecular weight is 390 g/mol. The summed E-state index contributed by atoms with van der Waals surface area (Å²) in [5.41, 5.74) is 5.48. The van der Waals surface area contributed by atoms with Crippen LogP contribution in [0.2, 0.25) is 0 Å². The Morgan fingerprint density at radius 1 is 1.08 bits per heavy atom. The summed E-state index contributed by atoms with van der Waals surface area (Å²) in [5, 5.41) is 0. The maximum atomic E-state index is 5.31. The molecule has 1 aliphatic rings. The lowest BCUT2D eigenvalue weighted by molar-refractivity contribution is -0.914. The van der Waals surface area contributed by atoms with E-state index in [1.54, 1.807) is 12.0 Å². The first-order valence-corrected chi connectivity index (χ1v) is 9.34. The molecule has 24 heavy (non-hydrogen) atoms. The number of piperazine rings is 1. The van der Waals surface area contributed by atoms with Gasteiger partial charge in [-0.2, -0.15) is 0 Å². The van der Waals surface area contributed by atoms with Crippen molar-refractivity contribution in [2.24, 2.45) is 0 Å². The summed E-state index contributed by atoms with van der Waals surface area (Å²) in [7, 11) is 1.71. The van der Waals surface area contributed by atoms with Gasteiger partial charge < -0.3 is 14.5 Å². The first-order valence-electron chi connectivity index (χ1n) is 8.55. The number of hydrogen-bond donors (Lipinski definition) is 1. The summed E-state index contributed by atoms with van der Waals surface area (Å²) in [5.74, 6) is 0.897. The Balaban J connectivity index is 1.61. The number of rotatable bonds is 4. The monoisotopic (exact) mass is 389 g/mol. The van der Waals surface area contributed by atoms with Crippen molar-refractivity contribution in [2.75, 3.05) is 38.2 Å². The number of methoxy groups -OCH3 is 1. The molecule has 0 amide bonds. The van der Waals surface area contributed by atoms with Crippen LogP contribution in [0.1, 0.15) is 16.7 Å². The Hall–Kier alpha value is -1.52. The molecule has 0 bridgehead atoms. The molecule has 1 fully saturated rings. The number of quaternary nitrogens is 1. The number of nitrogens with zero attached hydrogens (tertiary/aromatic N) is 1. The highest BCUT2D eigenvalue weighted by Gasteiger charge is 2.21. The lowest BCUT2D eigenvalue weighted by atomic mass is 10.1. The highest BCUT2D eigenvalue weighted by molar-refractivity contribution is 9.10. The Kier molecular flexibility index (Phi) is 5.47. The third kappa shape index (κ3) is 3.93. The third-order valence-corrected chi connectivity index (χ3v) is 5.47. The van der Waals surface area contributed by atoms with Gasteiger partial charge in [-0.25, -0.2) is 0 Å². The standard InChI is InChI=1S/C20H25BrN2O/c1-15-4-5-16(2)19(12-15)23-10-8-22(9-11-23)14-17-6-7-20(24-3)18(21)13-17/h4-7,12-13H,8-11,14H2,1-3H3/p+1. The Labute approximate surface area is 153 Å². The smallest absolute Gasteiger partial charge is 0.133 e. The minimum atomic E-state index is 0.897. The lowest BCUT2D eigenvalue weighted by Crippen LogP contribution is -3.13. The van der Waals surface area contributed by atoms with Gasteiger partial charge in [0, 0.05) is 11.3 Å². The van der Waals surface area contributed by atoms with Gasteiger partial charge in [-0.3, -0.25) is 0 Å². The van der Waals surface area contributed by atoms with Crippen molar-refractivity contribution in [1.29, 1.82) is 0 Å². The molecule has 2 aromatic rings. The zero-order valence-corrected chi connectivity index (χ0v) is 16.3. The van der Waals surface area contributed by atoms with Gasteiger partial charge in [0.15, 0.2) is 0 Å². The van der Waals surface area contributed by atoms with E-state index in [0.717, 1.165) is 29.9 Å². The lowest BCUT2D eigenvalue weighted by Gasteiger charge is -2.34. The maximum Gasteiger partial charge on any atom is 0.133 e. The predicted molar refractivity (Wildman–Crippen MR) is 103 cm³/mol. The summed E-state index contributed by atoms with van der Waals surface area (Å²) in [6, 6.07) is 13.2. The van der Waals surface area contributed by atoms with Gasteiger partial charge in [0.05, 0.1) is 37.8 Å². The van der Waals surface area contributed by atoms with E-state index in [1.165, 1.54) is 35.5 Å². The molecule has 1 aliphatic heterocycles. The number of halogens is 1. The number of hydrogen-bond acceptors (Lipinski definition) is 2. The summed E-state index contributed by atoms with van der Waals surface area (Å²) in [6.45, 7) is 10.1. The van der Waals surface area contributed by atoms with E-state index in [9.17, 15) is 0 Å². The van der Waals surface area contributed by atoms with E-state index in [2.05, 4.69) is 65.0 Å². The van der Waals surface area contributed by atoms with Gasteiger partial charge in [-0.1, -0.05) is 12.1 Å². The number of aryl methyl sites for hydroxylation is 2. The molecule has 0 aromatic heterocycles. The van der Waals surface area contributed by atoms with Gasteiger partial charge >= 0.3 is 0 Å². The molecular formula is C20H26BrN2O+. The first-order chi connectivity index (χ1) is 11.6. The van der Waals surface area contributed by atoms with Crippen LogP contribution in [0.15, 0.2) is 40.9 Å². The van der Waals surface area contributed by atoms with Gasteiger partial charge in [-0.05, 0) is 65.2 Å². The van der Waals surface area contributed by atoms with Crippen LogP contribution in [0.4, 0.5) is 5.69 Å². The Morgan fingerprint density at radius 2 is 1.83 bits per heavy atom. The number of ether oxygens (including phenoxy) is 1. The second kappa shape index (κ2) is 7.58. The van der Waals surface area contributed by atoms with E-state index < -0.39 is 0 Å². The molecule has 1 N–H and O–H groups in total. The molecule has 0 radical (unpaired) electrons. The molecule has 0 saturated carbocycles. The van der Waals surface area contributed by atoms with Crippen molar-refractivity contribution in [3.63, 3.8) is 0 Å². The zero-order chi connectivity index (χ0) is 17.1. The normalized spacial score (nSPS) is 15.6. The molecule has 0 spiro atoms.